The molecule has 0 radical (unpaired) electrons. The van der Waals surface area contributed by atoms with Gasteiger partial charge < -0.3 is 5.32 Å². The molecule has 1 aromatic heterocycles. The summed E-state index contributed by atoms with van der Waals surface area (Å²) in [5, 5.41) is 7.83. The molecule has 4 heteroatoms. The van der Waals surface area contributed by atoms with Crippen LogP contribution in [0.25, 0.3) is 0 Å². The van der Waals surface area contributed by atoms with Gasteiger partial charge in [0.05, 0.1) is 11.7 Å². The first kappa shape index (κ1) is 12.6. The molecular weight excluding hydrogens is 206 g/mol. The number of rotatable bonds is 7. The van der Waals surface area contributed by atoms with E-state index in [-0.39, 0.29) is 0 Å². The zero-order chi connectivity index (χ0) is 11.1. The Morgan fingerprint density at radius 2 is 2.27 bits per heavy atom. The zero-order valence-corrected chi connectivity index (χ0v) is 10.7. The summed E-state index contributed by atoms with van der Waals surface area (Å²) in [5.74, 6) is 2.29. The van der Waals surface area contributed by atoms with Crippen LogP contribution in [-0.4, -0.2) is 27.8 Å². The third-order valence-corrected chi connectivity index (χ3v) is 3.32. The molecule has 1 unspecified atom stereocenters. The van der Waals surface area contributed by atoms with Gasteiger partial charge in [0.15, 0.2) is 0 Å². The molecule has 1 rings (SSSR count). The lowest BCUT2D eigenvalue weighted by Gasteiger charge is -2.18. The standard InChI is InChI=1S/C11H21N3S/c1-4-12-10(9-15-6-3)11-7-8-13-14(11)5-2/h7-8,10,12H,4-6,9H2,1-3H3. The predicted octanol–water partition coefficient (Wildman–Crippen LogP) is 2.31. The molecule has 86 valence electrons. The molecule has 0 aliphatic rings. The highest BCUT2D eigenvalue weighted by Gasteiger charge is 2.13. The zero-order valence-electron chi connectivity index (χ0n) is 9.86. The highest BCUT2D eigenvalue weighted by Crippen LogP contribution is 2.17. The fraction of sp³-hybridized carbons (Fsp3) is 0.727. The third kappa shape index (κ3) is 3.54. The Hall–Kier alpha value is -0.480. The second kappa shape index (κ2) is 6.90. The van der Waals surface area contributed by atoms with Crippen molar-refractivity contribution in [2.75, 3.05) is 18.1 Å². The predicted molar refractivity (Wildman–Crippen MR) is 67.3 cm³/mol. The van der Waals surface area contributed by atoms with Crippen molar-refractivity contribution in [2.45, 2.75) is 33.4 Å². The molecule has 0 spiro atoms. The second-order valence-corrected chi connectivity index (χ2v) is 4.66. The monoisotopic (exact) mass is 227 g/mol. The third-order valence-electron chi connectivity index (χ3n) is 2.35. The first-order valence-corrected chi connectivity index (χ1v) is 6.81. The summed E-state index contributed by atoms with van der Waals surface area (Å²) in [4.78, 5) is 0. The molecular formula is C11H21N3S. The second-order valence-electron chi connectivity index (χ2n) is 3.34. The number of thioether (sulfide) groups is 1. The Kier molecular flexibility index (Phi) is 5.79. The van der Waals surface area contributed by atoms with E-state index in [0.717, 1.165) is 18.8 Å². The van der Waals surface area contributed by atoms with E-state index >= 15 is 0 Å². The number of nitrogens with one attached hydrogen (secondary N) is 1. The summed E-state index contributed by atoms with van der Waals surface area (Å²) >= 11 is 1.97. The van der Waals surface area contributed by atoms with Crippen LogP contribution in [0, 0.1) is 0 Å². The maximum absolute atomic E-state index is 4.31. The molecule has 0 bridgehead atoms. The Morgan fingerprint density at radius 1 is 1.47 bits per heavy atom. The normalized spacial score (nSPS) is 13.0. The van der Waals surface area contributed by atoms with Crippen molar-refractivity contribution in [1.82, 2.24) is 15.1 Å². The number of hydrogen-bond acceptors (Lipinski definition) is 3. The van der Waals surface area contributed by atoms with Crippen molar-refractivity contribution in [1.29, 1.82) is 0 Å². The lowest BCUT2D eigenvalue weighted by atomic mass is 10.2. The molecule has 1 atom stereocenters. The van der Waals surface area contributed by atoms with Crippen molar-refractivity contribution < 1.29 is 0 Å². The van der Waals surface area contributed by atoms with Gasteiger partial charge in [-0.15, -0.1) is 0 Å². The Balaban J connectivity index is 2.69. The van der Waals surface area contributed by atoms with Crippen molar-refractivity contribution in [2.24, 2.45) is 0 Å². The van der Waals surface area contributed by atoms with Gasteiger partial charge in [-0.05, 0) is 25.3 Å². The van der Waals surface area contributed by atoms with Crippen LogP contribution >= 0.6 is 11.8 Å². The van der Waals surface area contributed by atoms with E-state index in [2.05, 4.69) is 41.9 Å². The summed E-state index contributed by atoms with van der Waals surface area (Å²) < 4.78 is 2.07. The van der Waals surface area contributed by atoms with Crippen LogP contribution < -0.4 is 5.32 Å². The quantitative estimate of drug-likeness (QED) is 0.775. The molecule has 0 aliphatic heterocycles. The van der Waals surface area contributed by atoms with E-state index in [1.807, 2.05) is 18.0 Å². The van der Waals surface area contributed by atoms with Gasteiger partial charge in [-0.25, -0.2) is 0 Å². The topological polar surface area (TPSA) is 29.9 Å². The van der Waals surface area contributed by atoms with E-state index in [1.165, 1.54) is 11.4 Å². The molecule has 0 amide bonds. The molecule has 0 saturated heterocycles. The lowest BCUT2D eigenvalue weighted by molar-refractivity contribution is 0.527. The molecule has 15 heavy (non-hydrogen) atoms. The van der Waals surface area contributed by atoms with Gasteiger partial charge in [0, 0.05) is 18.5 Å². The largest absolute Gasteiger partial charge is 0.308 e. The Labute approximate surface area is 96.6 Å². The van der Waals surface area contributed by atoms with Crippen LogP contribution in [0.4, 0.5) is 0 Å². The summed E-state index contributed by atoms with van der Waals surface area (Å²) in [6.45, 7) is 8.43. The minimum Gasteiger partial charge on any atom is -0.308 e. The van der Waals surface area contributed by atoms with Crippen LogP contribution in [0.1, 0.15) is 32.5 Å². The van der Waals surface area contributed by atoms with Crippen LogP contribution in [0.3, 0.4) is 0 Å². The van der Waals surface area contributed by atoms with Crippen molar-refractivity contribution in [3.63, 3.8) is 0 Å². The Bertz CT molecular complexity index is 273. The summed E-state index contributed by atoms with van der Waals surface area (Å²) in [6, 6.07) is 2.55. The first-order valence-electron chi connectivity index (χ1n) is 5.66. The molecule has 0 aromatic carbocycles. The Morgan fingerprint density at radius 3 is 2.87 bits per heavy atom. The van der Waals surface area contributed by atoms with Crippen LogP contribution in [0.15, 0.2) is 12.3 Å². The molecule has 3 nitrogen and oxygen atoms in total. The van der Waals surface area contributed by atoms with Crippen molar-refractivity contribution >= 4 is 11.8 Å². The van der Waals surface area contributed by atoms with Gasteiger partial charge in [-0.2, -0.15) is 16.9 Å². The van der Waals surface area contributed by atoms with Gasteiger partial charge in [0.2, 0.25) is 0 Å². The van der Waals surface area contributed by atoms with Gasteiger partial charge in [-0.1, -0.05) is 13.8 Å². The highest BCUT2D eigenvalue weighted by molar-refractivity contribution is 7.99. The van der Waals surface area contributed by atoms with Gasteiger partial charge in [0.25, 0.3) is 0 Å². The van der Waals surface area contributed by atoms with Crippen LogP contribution in [-0.2, 0) is 6.54 Å². The maximum Gasteiger partial charge on any atom is 0.0583 e. The minimum atomic E-state index is 0.433. The van der Waals surface area contributed by atoms with E-state index < -0.39 is 0 Å². The van der Waals surface area contributed by atoms with Crippen molar-refractivity contribution in [3.05, 3.63) is 18.0 Å². The summed E-state index contributed by atoms with van der Waals surface area (Å²) in [7, 11) is 0. The number of aryl methyl sites for hydroxylation is 1. The summed E-state index contributed by atoms with van der Waals surface area (Å²) in [5.41, 5.74) is 1.31. The maximum atomic E-state index is 4.31. The SMILES string of the molecule is CCNC(CSCC)c1ccnn1CC. The van der Waals surface area contributed by atoms with E-state index in [1.54, 1.807) is 0 Å². The van der Waals surface area contributed by atoms with E-state index in [4.69, 9.17) is 0 Å². The summed E-state index contributed by atoms with van der Waals surface area (Å²) in [6.07, 6.45) is 1.89. The highest BCUT2D eigenvalue weighted by atomic mass is 32.2. The van der Waals surface area contributed by atoms with Crippen LogP contribution in [0.2, 0.25) is 0 Å². The molecule has 1 aromatic rings. The number of nitrogens with zero attached hydrogens (tertiary/aromatic N) is 2. The minimum absolute atomic E-state index is 0.433. The fourth-order valence-corrected chi connectivity index (χ4v) is 2.39. The molecule has 0 aliphatic carbocycles. The molecule has 1 heterocycles. The molecule has 0 saturated carbocycles. The van der Waals surface area contributed by atoms with E-state index in [0.29, 0.717) is 6.04 Å². The fourth-order valence-electron chi connectivity index (χ4n) is 1.63. The van der Waals surface area contributed by atoms with Gasteiger partial charge >= 0.3 is 0 Å². The molecule has 0 fully saturated rings. The van der Waals surface area contributed by atoms with Gasteiger partial charge in [-0.3, -0.25) is 4.68 Å². The smallest absolute Gasteiger partial charge is 0.0583 e. The average molecular weight is 227 g/mol. The van der Waals surface area contributed by atoms with Crippen molar-refractivity contribution in [3.8, 4) is 0 Å². The number of hydrogen-bond donors (Lipinski definition) is 1. The van der Waals surface area contributed by atoms with Crippen LogP contribution in [0.5, 0.6) is 0 Å². The van der Waals surface area contributed by atoms with Gasteiger partial charge in [0.1, 0.15) is 0 Å². The molecule has 1 N–H and O–H groups in total. The first-order chi connectivity index (χ1) is 7.33. The lowest BCUT2D eigenvalue weighted by Crippen LogP contribution is -2.25. The van der Waals surface area contributed by atoms with E-state index in [9.17, 15) is 0 Å². The average Bonchev–Trinajstić information content (AvgIpc) is 2.72. The number of aromatic nitrogens is 2.